The molecule has 1 unspecified atom stereocenters. The molecule has 0 saturated heterocycles. The van der Waals surface area contributed by atoms with Crippen molar-refractivity contribution in [3.8, 4) is 0 Å². The van der Waals surface area contributed by atoms with E-state index in [4.69, 9.17) is 0 Å². The second kappa shape index (κ2) is 4.02. The van der Waals surface area contributed by atoms with Crippen molar-refractivity contribution in [2.24, 2.45) is 0 Å². The lowest BCUT2D eigenvalue weighted by molar-refractivity contribution is 0.565. The van der Waals surface area contributed by atoms with Gasteiger partial charge in [-0.05, 0) is 29.2 Å². The Bertz CT molecular complexity index is 482. The maximum Gasteiger partial charge on any atom is 0.0596 e. The molecule has 1 aromatic carbocycles. The minimum absolute atomic E-state index is 0.264. The summed E-state index contributed by atoms with van der Waals surface area (Å²) in [6.45, 7) is 1.02. The summed E-state index contributed by atoms with van der Waals surface area (Å²) in [6, 6.07) is 10.9. The molecule has 1 aliphatic rings. The fraction of sp³-hybridized carbons (Fsp3) is 0.231. The highest BCUT2D eigenvalue weighted by atomic mass is 15.1. The molecule has 0 saturated carbocycles. The molecule has 0 bridgehead atoms. The lowest BCUT2D eigenvalue weighted by Gasteiger charge is -2.26. The van der Waals surface area contributed by atoms with E-state index in [2.05, 4.69) is 39.8 Å². The molecule has 80 valence electrons. The summed E-state index contributed by atoms with van der Waals surface area (Å²) in [7, 11) is 0. The first-order chi connectivity index (χ1) is 7.95. The molecule has 1 aromatic heterocycles. The van der Waals surface area contributed by atoms with Crippen LogP contribution in [0.1, 0.15) is 22.7 Å². The molecule has 0 radical (unpaired) electrons. The quantitative estimate of drug-likeness (QED) is 0.780. The molecule has 3 nitrogen and oxygen atoms in total. The molecule has 1 N–H and O–H groups in total. The van der Waals surface area contributed by atoms with Gasteiger partial charge in [0.1, 0.15) is 0 Å². The van der Waals surface area contributed by atoms with Crippen LogP contribution in [-0.2, 0) is 6.42 Å². The molecule has 0 amide bonds. The summed E-state index contributed by atoms with van der Waals surface area (Å²) >= 11 is 0. The summed E-state index contributed by atoms with van der Waals surface area (Å²) in [5.74, 6) is 0. The number of nitrogens with zero attached hydrogens (tertiary/aromatic N) is 2. The van der Waals surface area contributed by atoms with Crippen molar-refractivity contribution in [1.29, 1.82) is 0 Å². The molecular formula is C13H13N3. The van der Waals surface area contributed by atoms with Crippen LogP contribution in [0, 0.1) is 0 Å². The average molecular weight is 211 g/mol. The van der Waals surface area contributed by atoms with Gasteiger partial charge in [0.15, 0.2) is 0 Å². The van der Waals surface area contributed by atoms with Gasteiger partial charge in [0, 0.05) is 12.7 Å². The van der Waals surface area contributed by atoms with Gasteiger partial charge < -0.3 is 5.32 Å². The van der Waals surface area contributed by atoms with Gasteiger partial charge in [-0.15, -0.1) is 0 Å². The second-order valence-electron chi connectivity index (χ2n) is 4.01. The zero-order valence-electron chi connectivity index (χ0n) is 8.93. The molecule has 0 fully saturated rings. The Morgan fingerprint density at radius 1 is 1.12 bits per heavy atom. The first-order valence-corrected chi connectivity index (χ1v) is 5.53. The Kier molecular flexibility index (Phi) is 2.38. The van der Waals surface area contributed by atoms with E-state index >= 15 is 0 Å². The Hall–Kier alpha value is -1.74. The smallest absolute Gasteiger partial charge is 0.0596 e. The lowest BCUT2D eigenvalue weighted by Crippen LogP contribution is -2.30. The van der Waals surface area contributed by atoms with Gasteiger partial charge >= 0.3 is 0 Å². The number of benzene rings is 1. The van der Waals surface area contributed by atoms with E-state index in [1.807, 2.05) is 12.3 Å². The maximum atomic E-state index is 3.94. The standard InChI is InChI=1S/C13H13N3/c1-2-4-12-10(3-1)5-7-14-13(12)11-6-8-15-16-9-11/h1-4,6,8-9,13-14H,5,7H2. The molecule has 16 heavy (non-hydrogen) atoms. The molecule has 2 heterocycles. The van der Waals surface area contributed by atoms with Crippen LogP contribution in [-0.4, -0.2) is 16.7 Å². The highest BCUT2D eigenvalue weighted by molar-refractivity contribution is 5.38. The Morgan fingerprint density at radius 2 is 2.06 bits per heavy atom. The zero-order chi connectivity index (χ0) is 10.8. The predicted octanol–water partition coefficient (Wildman–Crippen LogP) is 1.71. The number of hydrogen-bond donors (Lipinski definition) is 1. The van der Waals surface area contributed by atoms with E-state index in [-0.39, 0.29) is 6.04 Å². The number of aromatic nitrogens is 2. The van der Waals surface area contributed by atoms with Crippen LogP contribution in [0.15, 0.2) is 42.7 Å². The van der Waals surface area contributed by atoms with E-state index in [1.54, 1.807) is 6.20 Å². The van der Waals surface area contributed by atoms with Gasteiger partial charge in [0.05, 0.1) is 12.2 Å². The minimum Gasteiger partial charge on any atom is -0.306 e. The molecule has 1 aliphatic heterocycles. The highest BCUT2D eigenvalue weighted by Crippen LogP contribution is 2.27. The fourth-order valence-corrected chi connectivity index (χ4v) is 2.27. The van der Waals surface area contributed by atoms with Crippen LogP contribution in [0.2, 0.25) is 0 Å². The van der Waals surface area contributed by atoms with Crippen LogP contribution >= 0.6 is 0 Å². The van der Waals surface area contributed by atoms with Gasteiger partial charge in [-0.1, -0.05) is 24.3 Å². The average Bonchev–Trinajstić information content (AvgIpc) is 2.39. The SMILES string of the molecule is c1ccc2c(c1)CCNC2c1ccnnc1. The van der Waals surface area contributed by atoms with Gasteiger partial charge in [-0.3, -0.25) is 0 Å². The lowest BCUT2D eigenvalue weighted by atomic mass is 9.91. The number of nitrogens with one attached hydrogen (secondary N) is 1. The van der Waals surface area contributed by atoms with E-state index in [9.17, 15) is 0 Å². The number of hydrogen-bond acceptors (Lipinski definition) is 3. The summed E-state index contributed by atoms with van der Waals surface area (Å²) in [5, 5.41) is 11.3. The number of fused-ring (bicyclic) bond motifs is 1. The van der Waals surface area contributed by atoms with Crippen LogP contribution in [0.3, 0.4) is 0 Å². The molecule has 1 atom stereocenters. The number of rotatable bonds is 1. The van der Waals surface area contributed by atoms with Crippen molar-refractivity contribution >= 4 is 0 Å². The van der Waals surface area contributed by atoms with Gasteiger partial charge in [-0.2, -0.15) is 10.2 Å². The van der Waals surface area contributed by atoms with Crippen LogP contribution in [0.5, 0.6) is 0 Å². The van der Waals surface area contributed by atoms with E-state index in [0.29, 0.717) is 0 Å². The molecular weight excluding hydrogens is 198 g/mol. The van der Waals surface area contributed by atoms with Crippen LogP contribution < -0.4 is 5.32 Å². The van der Waals surface area contributed by atoms with Crippen molar-refractivity contribution in [2.75, 3.05) is 6.54 Å². The van der Waals surface area contributed by atoms with Crippen molar-refractivity contribution in [3.05, 3.63) is 59.4 Å². The van der Waals surface area contributed by atoms with Crippen molar-refractivity contribution in [1.82, 2.24) is 15.5 Å². The largest absolute Gasteiger partial charge is 0.306 e. The van der Waals surface area contributed by atoms with Crippen LogP contribution in [0.4, 0.5) is 0 Å². The second-order valence-corrected chi connectivity index (χ2v) is 4.01. The summed E-state index contributed by atoms with van der Waals surface area (Å²) in [6.07, 6.45) is 4.68. The normalized spacial score (nSPS) is 19.1. The van der Waals surface area contributed by atoms with E-state index in [1.165, 1.54) is 16.7 Å². The molecule has 3 heteroatoms. The highest BCUT2D eigenvalue weighted by Gasteiger charge is 2.20. The molecule has 0 aliphatic carbocycles. The van der Waals surface area contributed by atoms with Gasteiger partial charge in [0.25, 0.3) is 0 Å². The molecule has 3 rings (SSSR count). The van der Waals surface area contributed by atoms with E-state index < -0.39 is 0 Å². The third kappa shape index (κ3) is 1.59. The Balaban J connectivity index is 2.05. The van der Waals surface area contributed by atoms with Crippen molar-refractivity contribution in [2.45, 2.75) is 12.5 Å². The first-order valence-electron chi connectivity index (χ1n) is 5.53. The molecule has 2 aromatic rings. The summed E-state index contributed by atoms with van der Waals surface area (Å²) in [5.41, 5.74) is 3.98. The minimum atomic E-state index is 0.264. The van der Waals surface area contributed by atoms with Crippen molar-refractivity contribution < 1.29 is 0 Å². The predicted molar refractivity (Wildman–Crippen MR) is 62.0 cm³/mol. The first kappa shape index (κ1) is 9.48. The summed E-state index contributed by atoms with van der Waals surface area (Å²) in [4.78, 5) is 0. The third-order valence-corrected chi connectivity index (χ3v) is 3.05. The summed E-state index contributed by atoms with van der Waals surface area (Å²) < 4.78 is 0. The van der Waals surface area contributed by atoms with Gasteiger partial charge in [0.2, 0.25) is 0 Å². The van der Waals surface area contributed by atoms with Crippen molar-refractivity contribution in [3.63, 3.8) is 0 Å². The molecule has 0 spiro atoms. The Labute approximate surface area is 94.5 Å². The fourth-order valence-electron chi connectivity index (χ4n) is 2.27. The third-order valence-electron chi connectivity index (χ3n) is 3.05. The topological polar surface area (TPSA) is 37.8 Å². The van der Waals surface area contributed by atoms with E-state index in [0.717, 1.165) is 13.0 Å². The van der Waals surface area contributed by atoms with Crippen LogP contribution in [0.25, 0.3) is 0 Å². The maximum absolute atomic E-state index is 3.94. The monoisotopic (exact) mass is 211 g/mol. The Morgan fingerprint density at radius 3 is 2.94 bits per heavy atom. The zero-order valence-corrected chi connectivity index (χ0v) is 8.93. The van der Waals surface area contributed by atoms with Gasteiger partial charge in [-0.25, -0.2) is 0 Å².